The summed E-state index contributed by atoms with van der Waals surface area (Å²) in [6.45, 7) is 1.80. The number of carbonyl (C=O) groups excluding carboxylic acids is 1. The summed E-state index contributed by atoms with van der Waals surface area (Å²) in [5.74, 6) is -0.960. The highest BCUT2D eigenvalue weighted by Gasteiger charge is 2.21. The van der Waals surface area contributed by atoms with Crippen molar-refractivity contribution in [1.82, 2.24) is 0 Å². The second kappa shape index (κ2) is 6.43. The molecule has 0 aliphatic heterocycles. The van der Waals surface area contributed by atoms with Crippen molar-refractivity contribution in [3.8, 4) is 0 Å². The normalized spacial score (nSPS) is 13.2. The zero-order valence-corrected chi connectivity index (χ0v) is 11.5. The maximum Gasteiger partial charge on any atom is 0.235 e. The van der Waals surface area contributed by atoms with Gasteiger partial charge >= 0.3 is 0 Å². The van der Waals surface area contributed by atoms with E-state index >= 15 is 0 Å². The van der Waals surface area contributed by atoms with Crippen molar-refractivity contribution in [2.24, 2.45) is 16.8 Å². The van der Waals surface area contributed by atoms with Gasteiger partial charge in [-0.25, -0.2) is 0 Å². The van der Waals surface area contributed by atoms with Gasteiger partial charge in [-0.2, -0.15) is 0 Å². The van der Waals surface area contributed by atoms with Gasteiger partial charge in [0.1, 0.15) is 0 Å². The summed E-state index contributed by atoms with van der Waals surface area (Å²) in [4.78, 5) is 11.9. The van der Waals surface area contributed by atoms with E-state index in [1.54, 1.807) is 13.0 Å². The first-order valence-corrected chi connectivity index (χ1v) is 6.20. The molecule has 0 aliphatic carbocycles. The summed E-state index contributed by atoms with van der Waals surface area (Å²) in [6.07, 6.45) is 0.478. The second-order valence-electron chi connectivity index (χ2n) is 3.49. The number of carbonyl (C=O) groups is 1. The minimum absolute atomic E-state index is 0.0735. The zero-order valence-electron chi connectivity index (χ0n) is 9.35. The van der Waals surface area contributed by atoms with Gasteiger partial charge in [-0.15, -0.1) is 0 Å². The maximum absolute atomic E-state index is 11.9. The highest BCUT2D eigenvalue weighted by Crippen LogP contribution is 2.14. The van der Waals surface area contributed by atoms with Crippen molar-refractivity contribution >= 4 is 40.0 Å². The van der Waals surface area contributed by atoms with Crippen LogP contribution in [0.25, 0.3) is 0 Å². The van der Waals surface area contributed by atoms with Crippen molar-refractivity contribution in [2.75, 3.05) is 5.32 Å². The van der Waals surface area contributed by atoms with Crippen molar-refractivity contribution < 1.29 is 10.0 Å². The number of halogens is 1. The minimum atomic E-state index is -0.613. The number of hydrogen-bond acceptors (Lipinski definition) is 3. The third kappa shape index (κ3) is 3.88. The van der Waals surface area contributed by atoms with E-state index in [-0.39, 0.29) is 11.7 Å². The molecule has 0 fully saturated rings. The van der Waals surface area contributed by atoms with Gasteiger partial charge in [0.25, 0.3) is 0 Å². The Labute approximate surface area is 113 Å². The minimum Gasteiger partial charge on any atom is -0.409 e. The summed E-state index contributed by atoms with van der Waals surface area (Å²) < 4.78 is 1.03. The number of hydrogen-bond donors (Lipinski definition) is 3. The van der Waals surface area contributed by atoms with E-state index in [0.29, 0.717) is 12.1 Å². The first-order chi connectivity index (χ1) is 8.08. The predicted molar refractivity (Wildman–Crippen MR) is 75.0 cm³/mol. The Bertz CT molecular complexity index is 434. The Balaban J connectivity index is 2.78. The monoisotopic (exact) mass is 347 g/mol. The Morgan fingerprint density at radius 3 is 2.88 bits per heavy atom. The quantitative estimate of drug-likeness (QED) is 0.256. The molecule has 0 saturated heterocycles. The number of nitrogens with two attached hydrogens (primary N) is 1. The number of anilines is 1. The first kappa shape index (κ1) is 13.8. The third-order valence-corrected chi connectivity index (χ3v) is 2.96. The van der Waals surface area contributed by atoms with Crippen LogP contribution in [-0.4, -0.2) is 17.0 Å². The largest absolute Gasteiger partial charge is 0.409 e. The van der Waals surface area contributed by atoms with E-state index in [1.165, 1.54) is 0 Å². The predicted octanol–water partition coefficient (Wildman–Crippen LogP) is 2.00. The maximum atomic E-state index is 11.9. The lowest BCUT2D eigenvalue weighted by Gasteiger charge is -2.13. The highest BCUT2D eigenvalue weighted by atomic mass is 127. The van der Waals surface area contributed by atoms with Crippen LogP contribution < -0.4 is 11.1 Å². The third-order valence-electron chi connectivity index (χ3n) is 2.29. The van der Waals surface area contributed by atoms with Crippen molar-refractivity contribution in [2.45, 2.75) is 13.3 Å². The van der Waals surface area contributed by atoms with Crippen LogP contribution >= 0.6 is 22.6 Å². The molecule has 1 aromatic rings. The van der Waals surface area contributed by atoms with Crippen LogP contribution in [0.4, 0.5) is 5.69 Å². The summed E-state index contributed by atoms with van der Waals surface area (Å²) in [5.41, 5.74) is 6.15. The van der Waals surface area contributed by atoms with Crippen LogP contribution in [0.1, 0.15) is 13.3 Å². The van der Waals surface area contributed by atoms with Gasteiger partial charge in [-0.3, -0.25) is 4.79 Å². The van der Waals surface area contributed by atoms with Crippen LogP contribution in [0.15, 0.2) is 29.4 Å². The number of nitrogens with one attached hydrogen (secondary N) is 1. The molecule has 0 saturated carbocycles. The van der Waals surface area contributed by atoms with Gasteiger partial charge in [0.05, 0.1) is 5.92 Å². The molecule has 0 aliphatic rings. The zero-order chi connectivity index (χ0) is 12.8. The van der Waals surface area contributed by atoms with Crippen LogP contribution in [-0.2, 0) is 4.79 Å². The fraction of sp³-hybridized carbons (Fsp3) is 0.273. The van der Waals surface area contributed by atoms with Gasteiger partial charge in [0.2, 0.25) is 5.91 Å². The number of amidine groups is 1. The Kier molecular flexibility index (Phi) is 5.20. The number of amides is 1. The molecule has 0 radical (unpaired) electrons. The van der Waals surface area contributed by atoms with Gasteiger partial charge in [0.15, 0.2) is 5.84 Å². The lowest BCUT2D eigenvalue weighted by Crippen LogP contribution is -2.34. The van der Waals surface area contributed by atoms with Crippen LogP contribution in [0.5, 0.6) is 0 Å². The summed E-state index contributed by atoms with van der Waals surface area (Å²) in [6, 6.07) is 7.41. The molecule has 4 N–H and O–H groups in total. The SMILES string of the molecule is CCC(C(=O)Nc1cccc(I)c1)C(N)=NO. The number of nitrogens with zero attached hydrogens (tertiary/aromatic N) is 1. The first-order valence-electron chi connectivity index (χ1n) is 5.12. The van der Waals surface area contributed by atoms with Gasteiger partial charge in [-0.05, 0) is 47.2 Å². The van der Waals surface area contributed by atoms with E-state index in [9.17, 15) is 4.79 Å². The number of rotatable bonds is 4. The van der Waals surface area contributed by atoms with Crippen LogP contribution in [0.3, 0.4) is 0 Å². The highest BCUT2D eigenvalue weighted by molar-refractivity contribution is 14.1. The van der Waals surface area contributed by atoms with E-state index in [1.807, 2.05) is 18.2 Å². The van der Waals surface area contributed by atoms with Crippen molar-refractivity contribution in [3.63, 3.8) is 0 Å². The summed E-state index contributed by atoms with van der Waals surface area (Å²) in [7, 11) is 0. The Hall–Kier alpha value is -1.31. The molecule has 6 heteroatoms. The second-order valence-corrected chi connectivity index (χ2v) is 4.73. The molecule has 17 heavy (non-hydrogen) atoms. The fourth-order valence-corrected chi connectivity index (χ4v) is 1.94. The molecule has 0 bridgehead atoms. The molecule has 92 valence electrons. The van der Waals surface area contributed by atoms with E-state index in [4.69, 9.17) is 10.9 Å². The number of benzene rings is 1. The molecule has 5 nitrogen and oxygen atoms in total. The Morgan fingerprint density at radius 2 is 2.35 bits per heavy atom. The van der Waals surface area contributed by atoms with E-state index < -0.39 is 5.92 Å². The lowest BCUT2D eigenvalue weighted by atomic mass is 10.0. The van der Waals surface area contributed by atoms with E-state index in [2.05, 4.69) is 33.1 Å². The average Bonchev–Trinajstić information content (AvgIpc) is 2.29. The summed E-state index contributed by atoms with van der Waals surface area (Å²) >= 11 is 2.16. The molecule has 1 atom stereocenters. The smallest absolute Gasteiger partial charge is 0.235 e. The van der Waals surface area contributed by atoms with Crippen LogP contribution in [0.2, 0.25) is 0 Å². The van der Waals surface area contributed by atoms with Crippen LogP contribution in [0, 0.1) is 9.49 Å². The average molecular weight is 347 g/mol. The van der Waals surface area contributed by atoms with Gasteiger partial charge in [0, 0.05) is 9.26 Å². The molecule has 0 aromatic heterocycles. The molecule has 0 heterocycles. The molecule has 1 amide bonds. The standard InChI is InChI=1S/C11H14IN3O2/c1-2-9(10(13)15-17)11(16)14-8-5-3-4-7(12)6-8/h3-6,9,17H,2H2,1H3,(H2,13,15)(H,14,16). The summed E-state index contributed by atoms with van der Waals surface area (Å²) in [5, 5.41) is 14.2. The van der Waals surface area contributed by atoms with Gasteiger partial charge < -0.3 is 16.3 Å². The van der Waals surface area contributed by atoms with Gasteiger partial charge in [-0.1, -0.05) is 18.1 Å². The molecule has 1 aromatic carbocycles. The lowest BCUT2D eigenvalue weighted by molar-refractivity contribution is -0.118. The van der Waals surface area contributed by atoms with Crippen molar-refractivity contribution in [1.29, 1.82) is 0 Å². The molecular weight excluding hydrogens is 333 g/mol. The van der Waals surface area contributed by atoms with Crippen molar-refractivity contribution in [3.05, 3.63) is 27.8 Å². The topological polar surface area (TPSA) is 87.7 Å². The molecular formula is C11H14IN3O2. The van der Waals surface area contributed by atoms with E-state index in [0.717, 1.165) is 3.57 Å². The molecule has 1 unspecified atom stereocenters. The Morgan fingerprint density at radius 1 is 1.65 bits per heavy atom. The molecule has 1 rings (SSSR count). The number of oxime groups is 1. The fourth-order valence-electron chi connectivity index (χ4n) is 1.39. The molecule has 0 spiro atoms.